The lowest BCUT2D eigenvalue weighted by Crippen LogP contribution is -2.39. The summed E-state index contributed by atoms with van der Waals surface area (Å²) in [5.74, 6) is 0.607. The van der Waals surface area contributed by atoms with Gasteiger partial charge in [0.25, 0.3) is 5.56 Å². The van der Waals surface area contributed by atoms with Gasteiger partial charge in [0.15, 0.2) is 4.80 Å². The number of fused-ring (bicyclic) bond motifs is 1. The third-order valence-electron chi connectivity index (χ3n) is 6.53. The minimum Gasteiger partial charge on any atom is -0.497 e. The molecular formula is C31H26Cl2N2O5S. The van der Waals surface area contributed by atoms with Crippen LogP contribution < -0.4 is 24.4 Å². The summed E-state index contributed by atoms with van der Waals surface area (Å²) in [6.07, 6.45) is 1.73. The van der Waals surface area contributed by atoms with Crippen LogP contribution in [0.3, 0.4) is 0 Å². The molecule has 0 bridgehead atoms. The highest BCUT2D eigenvalue weighted by atomic mass is 35.5. The average molecular weight is 610 g/mol. The van der Waals surface area contributed by atoms with Gasteiger partial charge in [-0.15, -0.1) is 0 Å². The van der Waals surface area contributed by atoms with Crippen molar-refractivity contribution in [2.24, 2.45) is 4.99 Å². The number of carbonyl (C=O) groups is 1. The number of halogens is 2. The highest BCUT2D eigenvalue weighted by Crippen LogP contribution is 2.32. The molecule has 4 aromatic rings. The minimum absolute atomic E-state index is 0.191. The topological polar surface area (TPSA) is 79.1 Å². The van der Waals surface area contributed by atoms with Crippen molar-refractivity contribution in [2.45, 2.75) is 26.5 Å². The quantitative estimate of drug-likeness (QED) is 0.240. The first-order valence-corrected chi connectivity index (χ1v) is 14.4. The number of thiazole rings is 1. The second kappa shape index (κ2) is 12.3. The summed E-state index contributed by atoms with van der Waals surface area (Å²) in [5.41, 5.74) is 2.61. The first-order valence-electron chi connectivity index (χ1n) is 12.8. The predicted molar refractivity (Wildman–Crippen MR) is 161 cm³/mol. The number of benzene rings is 3. The molecule has 0 spiro atoms. The highest BCUT2D eigenvalue weighted by Gasteiger charge is 2.33. The number of hydrogen-bond acceptors (Lipinski definition) is 7. The van der Waals surface area contributed by atoms with Gasteiger partial charge >= 0.3 is 5.97 Å². The Bertz CT molecular complexity index is 1840. The number of aromatic nitrogens is 1. The van der Waals surface area contributed by atoms with Crippen LogP contribution in [-0.4, -0.2) is 24.3 Å². The van der Waals surface area contributed by atoms with Crippen molar-refractivity contribution in [2.75, 3.05) is 13.7 Å². The molecule has 210 valence electrons. The van der Waals surface area contributed by atoms with E-state index in [2.05, 4.69) is 4.99 Å². The zero-order valence-corrected chi connectivity index (χ0v) is 24.8. The van der Waals surface area contributed by atoms with Crippen molar-refractivity contribution >= 4 is 46.6 Å². The van der Waals surface area contributed by atoms with E-state index in [0.29, 0.717) is 53.3 Å². The standard InChI is InChI=1S/C31H26Cl2N2O5S/c1-4-39-30(37)27-18(2)34-31-35(28(27)19-9-7-10-23(15-19)38-3)29(36)26(41-31)16-21-14-22(32)12-13-25(21)40-17-20-8-5-6-11-24(20)33/h5-16,28H,4,17H2,1-3H3/b26-16-/t28-/m1/s1. The van der Waals surface area contributed by atoms with Crippen molar-refractivity contribution in [3.8, 4) is 11.5 Å². The monoisotopic (exact) mass is 608 g/mol. The molecule has 41 heavy (non-hydrogen) atoms. The number of ether oxygens (including phenoxy) is 3. The lowest BCUT2D eigenvalue weighted by atomic mass is 9.95. The van der Waals surface area contributed by atoms with Crippen LogP contribution in [0.1, 0.15) is 36.6 Å². The summed E-state index contributed by atoms with van der Waals surface area (Å²) in [7, 11) is 1.56. The van der Waals surface area contributed by atoms with Crippen molar-refractivity contribution in [1.29, 1.82) is 0 Å². The molecule has 5 rings (SSSR count). The Kier molecular flexibility index (Phi) is 8.63. The van der Waals surface area contributed by atoms with E-state index in [1.165, 1.54) is 15.9 Å². The molecule has 1 aromatic heterocycles. The molecule has 0 saturated heterocycles. The largest absolute Gasteiger partial charge is 0.497 e. The lowest BCUT2D eigenvalue weighted by molar-refractivity contribution is -0.139. The lowest BCUT2D eigenvalue weighted by Gasteiger charge is -2.25. The van der Waals surface area contributed by atoms with E-state index in [1.54, 1.807) is 63.4 Å². The van der Waals surface area contributed by atoms with Crippen LogP contribution in [0.4, 0.5) is 0 Å². The first-order chi connectivity index (χ1) is 19.8. The number of allylic oxidation sites excluding steroid dienone is 1. The van der Waals surface area contributed by atoms with Crippen LogP contribution in [0.25, 0.3) is 6.08 Å². The van der Waals surface area contributed by atoms with Crippen molar-refractivity contribution in [3.63, 3.8) is 0 Å². The molecule has 1 aliphatic rings. The van der Waals surface area contributed by atoms with Gasteiger partial charge in [-0.1, -0.05) is 64.9 Å². The van der Waals surface area contributed by atoms with Gasteiger partial charge in [0.1, 0.15) is 18.1 Å². The SMILES string of the molecule is CCOC(=O)C1=C(C)N=c2s/c(=C\c3cc(Cl)ccc3OCc3ccccc3Cl)c(=O)n2[C@@H]1c1cccc(OC)c1. The number of nitrogens with zero attached hydrogens (tertiary/aromatic N) is 2. The summed E-state index contributed by atoms with van der Waals surface area (Å²) in [6.45, 7) is 3.91. The zero-order valence-electron chi connectivity index (χ0n) is 22.5. The fourth-order valence-corrected chi connectivity index (χ4v) is 6.00. The van der Waals surface area contributed by atoms with Gasteiger partial charge in [0, 0.05) is 21.2 Å². The maximum absolute atomic E-state index is 14.0. The Morgan fingerprint density at radius 2 is 1.90 bits per heavy atom. The van der Waals surface area contributed by atoms with Crippen LogP contribution in [0, 0.1) is 0 Å². The Morgan fingerprint density at radius 1 is 1.10 bits per heavy atom. The molecule has 1 aliphatic heterocycles. The van der Waals surface area contributed by atoms with Gasteiger partial charge in [-0.3, -0.25) is 9.36 Å². The Balaban J connectivity index is 1.64. The highest BCUT2D eigenvalue weighted by molar-refractivity contribution is 7.07. The van der Waals surface area contributed by atoms with Crippen LogP contribution in [0.15, 0.2) is 87.8 Å². The molecule has 0 saturated carbocycles. The molecule has 3 aromatic carbocycles. The molecule has 0 N–H and O–H groups in total. The number of esters is 1. The molecule has 0 radical (unpaired) electrons. The fraction of sp³-hybridized carbons (Fsp3) is 0.194. The van der Waals surface area contributed by atoms with Crippen LogP contribution in [0.5, 0.6) is 11.5 Å². The van der Waals surface area contributed by atoms with Crippen LogP contribution in [0.2, 0.25) is 10.0 Å². The Hall–Kier alpha value is -3.85. The second-order valence-electron chi connectivity index (χ2n) is 9.14. The number of methoxy groups -OCH3 is 1. The van der Waals surface area contributed by atoms with E-state index in [4.69, 9.17) is 37.4 Å². The van der Waals surface area contributed by atoms with E-state index in [9.17, 15) is 9.59 Å². The molecule has 0 unspecified atom stereocenters. The van der Waals surface area contributed by atoms with E-state index in [0.717, 1.165) is 5.56 Å². The Morgan fingerprint density at radius 3 is 2.66 bits per heavy atom. The minimum atomic E-state index is -0.752. The molecule has 10 heteroatoms. The maximum atomic E-state index is 14.0. The molecule has 1 atom stereocenters. The smallest absolute Gasteiger partial charge is 0.338 e. The summed E-state index contributed by atoms with van der Waals surface area (Å²) in [5, 5.41) is 1.09. The third kappa shape index (κ3) is 5.95. The van der Waals surface area contributed by atoms with Gasteiger partial charge in [-0.05, 0) is 61.9 Å². The second-order valence-corrected chi connectivity index (χ2v) is 11.0. The van der Waals surface area contributed by atoms with Crippen molar-refractivity contribution < 1.29 is 19.0 Å². The van der Waals surface area contributed by atoms with Crippen molar-refractivity contribution in [1.82, 2.24) is 4.57 Å². The Labute approximate surface area is 250 Å². The maximum Gasteiger partial charge on any atom is 0.338 e. The zero-order chi connectivity index (χ0) is 29.1. The molecule has 0 amide bonds. The van der Waals surface area contributed by atoms with Gasteiger partial charge in [0.05, 0.1) is 35.6 Å². The van der Waals surface area contributed by atoms with Gasteiger partial charge in [-0.25, -0.2) is 9.79 Å². The summed E-state index contributed by atoms with van der Waals surface area (Å²) in [4.78, 5) is 32.2. The van der Waals surface area contributed by atoms with Gasteiger partial charge < -0.3 is 14.2 Å². The van der Waals surface area contributed by atoms with E-state index in [1.807, 2.05) is 30.3 Å². The van der Waals surface area contributed by atoms with Crippen molar-refractivity contribution in [3.05, 3.63) is 124 Å². The van der Waals surface area contributed by atoms with Crippen LogP contribution >= 0.6 is 34.5 Å². The predicted octanol–water partition coefficient (Wildman–Crippen LogP) is 5.69. The molecule has 7 nitrogen and oxygen atoms in total. The summed E-state index contributed by atoms with van der Waals surface area (Å²) < 4.78 is 18.8. The number of carbonyl (C=O) groups excluding carboxylic acids is 1. The van der Waals surface area contributed by atoms with E-state index in [-0.39, 0.29) is 18.8 Å². The molecule has 2 heterocycles. The van der Waals surface area contributed by atoms with E-state index >= 15 is 0 Å². The molecular weight excluding hydrogens is 583 g/mol. The summed E-state index contributed by atoms with van der Waals surface area (Å²) in [6, 6.07) is 19.2. The van der Waals surface area contributed by atoms with E-state index < -0.39 is 12.0 Å². The molecule has 0 fully saturated rings. The fourth-order valence-electron chi connectivity index (χ4n) is 4.59. The normalized spacial score (nSPS) is 14.9. The molecule has 0 aliphatic carbocycles. The van der Waals surface area contributed by atoms with Crippen LogP contribution in [-0.2, 0) is 16.1 Å². The number of hydrogen-bond donors (Lipinski definition) is 0. The summed E-state index contributed by atoms with van der Waals surface area (Å²) >= 11 is 13.9. The van der Waals surface area contributed by atoms with Gasteiger partial charge in [-0.2, -0.15) is 0 Å². The third-order valence-corrected chi connectivity index (χ3v) is 8.11. The average Bonchev–Trinajstić information content (AvgIpc) is 3.26. The first kappa shape index (κ1) is 28.7. The van der Waals surface area contributed by atoms with Gasteiger partial charge in [0.2, 0.25) is 0 Å². The number of rotatable bonds is 8.